The van der Waals surface area contributed by atoms with Gasteiger partial charge < -0.3 is 9.84 Å². The standard InChI is InChI=1S/C12H13F2N3O/c1-7(9-4-3-5-10(13)12(9)14)15-6-11-16-8(2)17-18-11/h3-5,7,15H,6H2,1-2H3. The average molecular weight is 253 g/mol. The van der Waals surface area contributed by atoms with Crippen molar-refractivity contribution in [3.8, 4) is 0 Å². The maximum Gasteiger partial charge on any atom is 0.240 e. The molecule has 1 unspecified atom stereocenters. The Morgan fingerprint density at radius 1 is 1.39 bits per heavy atom. The lowest BCUT2D eigenvalue weighted by molar-refractivity contribution is 0.355. The Bertz CT molecular complexity index is 542. The highest BCUT2D eigenvalue weighted by molar-refractivity contribution is 5.21. The predicted molar refractivity (Wildman–Crippen MR) is 60.6 cm³/mol. The van der Waals surface area contributed by atoms with Crippen LogP contribution in [0.25, 0.3) is 0 Å². The normalized spacial score (nSPS) is 12.7. The summed E-state index contributed by atoms with van der Waals surface area (Å²) in [5.41, 5.74) is 0.270. The Kier molecular flexibility index (Phi) is 3.66. The molecule has 0 spiro atoms. The molecule has 1 heterocycles. The van der Waals surface area contributed by atoms with Crippen LogP contribution in [0.15, 0.2) is 22.7 Å². The van der Waals surface area contributed by atoms with Gasteiger partial charge in [0.25, 0.3) is 0 Å². The highest BCUT2D eigenvalue weighted by Gasteiger charge is 2.14. The zero-order valence-corrected chi connectivity index (χ0v) is 10.1. The molecule has 1 N–H and O–H groups in total. The molecule has 18 heavy (non-hydrogen) atoms. The van der Waals surface area contributed by atoms with Crippen LogP contribution in [0.5, 0.6) is 0 Å². The maximum atomic E-state index is 13.5. The Balaban J connectivity index is 2.03. The summed E-state index contributed by atoms with van der Waals surface area (Å²) in [6.45, 7) is 3.75. The Hall–Kier alpha value is -1.82. The van der Waals surface area contributed by atoms with Crippen molar-refractivity contribution < 1.29 is 13.3 Å². The Morgan fingerprint density at radius 3 is 2.83 bits per heavy atom. The molecule has 0 aliphatic heterocycles. The molecule has 1 aromatic carbocycles. The largest absolute Gasteiger partial charge is 0.338 e. The van der Waals surface area contributed by atoms with Crippen molar-refractivity contribution in [1.29, 1.82) is 0 Å². The summed E-state index contributed by atoms with van der Waals surface area (Å²) in [6.07, 6.45) is 0. The highest BCUT2D eigenvalue weighted by atomic mass is 19.2. The molecule has 0 saturated heterocycles. The van der Waals surface area contributed by atoms with Gasteiger partial charge in [-0.25, -0.2) is 8.78 Å². The van der Waals surface area contributed by atoms with Gasteiger partial charge in [0.15, 0.2) is 17.5 Å². The molecule has 96 valence electrons. The van der Waals surface area contributed by atoms with Crippen LogP contribution in [0.4, 0.5) is 8.78 Å². The van der Waals surface area contributed by atoms with Gasteiger partial charge in [0.05, 0.1) is 6.54 Å². The topological polar surface area (TPSA) is 51.0 Å². The van der Waals surface area contributed by atoms with Crippen molar-refractivity contribution in [3.63, 3.8) is 0 Å². The molecule has 0 fully saturated rings. The van der Waals surface area contributed by atoms with Gasteiger partial charge in [-0.15, -0.1) is 0 Å². The third kappa shape index (κ3) is 2.70. The van der Waals surface area contributed by atoms with Gasteiger partial charge in [0, 0.05) is 11.6 Å². The van der Waals surface area contributed by atoms with E-state index in [-0.39, 0.29) is 11.6 Å². The zero-order valence-electron chi connectivity index (χ0n) is 10.1. The van der Waals surface area contributed by atoms with Crippen LogP contribution >= 0.6 is 0 Å². The molecule has 0 amide bonds. The molecule has 2 rings (SSSR count). The minimum atomic E-state index is -0.852. The van der Waals surface area contributed by atoms with Crippen LogP contribution in [0.2, 0.25) is 0 Å². The molecule has 1 atom stereocenters. The number of rotatable bonds is 4. The fourth-order valence-electron chi connectivity index (χ4n) is 1.62. The molecule has 0 bridgehead atoms. The smallest absolute Gasteiger partial charge is 0.240 e. The van der Waals surface area contributed by atoms with E-state index >= 15 is 0 Å². The van der Waals surface area contributed by atoms with Gasteiger partial charge in [-0.3, -0.25) is 0 Å². The molecule has 0 saturated carbocycles. The molecule has 0 aliphatic carbocycles. The lowest BCUT2D eigenvalue weighted by atomic mass is 10.1. The van der Waals surface area contributed by atoms with E-state index in [9.17, 15) is 8.78 Å². The van der Waals surface area contributed by atoms with Crippen LogP contribution in [0.3, 0.4) is 0 Å². The van der Waals surface area contributed by atoms with E-state index in [1.165, 1.54) is 12.1 Å². The number of aryl methyl sites for hydroxylation is 1. The molecule has 6 heteroatoms. The van der Waals surface area contributed by atoms with Crippen LogP contribution in [-0.4, -0.2) is 10.1 Å². The second-order valence-corrected chi connectivity index (χ2v) is 3.98. The summed E-state index contributed by atoms with van der Waals surface area (Å²) in [6, 6.07) is 3.75. The minimum absolute atomic E-state index is 0.270. The number of halogens is 2. The Labute approximate surface area is 103 Å². The van der Waals surface area contributed by atoms with E-state index in [0.717, 1.165) is 6.07 Å². The van der Waals surface area contributed by atoms with Crippen LogP contribution in [-0.2, 0) is 6.54 Å². The van der Waals surface area contributed by atoms with E-state index in [1.807, 2.05) is 0 Å². The summed E-state index contributed by atoms with van der Waals surface area (Å²) in [5.74, 6) is -0.735. The average Bonchev–Trinajstić information content (AvgIpc) is 2.76. The SMILES string of the molecule is Cc1noc(CNC(C)c2cccc(F)c2F)n1. The van der Waals surface area contributed by atoms with Gasteiger partial charge in [0.2, 0.25) is 5.89 Å². The molecular formula is C12H13F2N3O. The van der Waals surface area contributed by atoms with Gasteiger partial charge in [-0.1, -0.05) is 17.3 Å². The first kappa shape index (κ1) is 12.6. The molecule has 0 aliphatic rings. The van der Waals surface area contributed by atoms with Gasteiger partial charge in [-0.2, -0.15) is 4.98 Å². The quantitative estimate of drug-likeness (QED) is 0.909. The molecular weight excluding hydrogens is 240 g/mol. The van der Waals surface area contributed by atoms with Gasteiger partial charge >= 0.3 is 0 Å². The fraction of sp³-hybridized carbons (Fsp3) is 0.333. The number of hydrogen-bond acceptors (Lipinski definition) is 4. The monoisotopic (exact) mass is 253 g/mol. The van der Waals surface area contributed by atoms with Crippen LogP contribution < -0.4 is 5.32 Å². The maximum absolute atomic E-state index is 13.5. The second-order valence-electron chi connectivity index (χ2n) is 3.98. The van der Waals surface area contributed by atoms with Crippen molar-refractivity contribution in [1.82, 2.24) is 15.5 Å². The summed E-state index contributed by atoms with van der Waals surface area (Å²) < 4.78 is 31.5. The number of nitrogens with one attached hydrogen (secondary N) is 1. The molecule has 1 aromatic heterocycles. The van der Waals surface area contributed by atoms with Crippen LogP contribution in [0, 0.1) is 18.6 Å². The van der Waals surface area contributed by atoms with Crippen molar-refractivity contribution >= 4 is 0 Å². The minimum Gasteiger partial charge on any atom is -0.338 e. The molecule has 0 radical (unpaired) electrons. The van der Waals surface area contributed by atoms with Crippen molar-refractivity contribution in [2.75, 3.05) is 0 Å². The summed E-state index contributed by atoms with van der Waals surface area (Å²) in [5, 5.41) is 6.63. The summed E-state index contributed by atoms with van der Waals surface area (Å²) in [7, 11) is 0. The first-order valence-corrected chi connectivity index (χ1v) is 5.54. The van der Waals surface area contributed by atoms with E-state index < -0.39 is 11.6 Å². The predicted octanol–water partition coefficient (Wildman–Crippen LogP) is 2.51. The molecule has 2 aromatic rings. The third-order valence-corrected chi connectivity index (χ3v) is 2.58. The molecule has 4 nitrogen and oxygen atoms in total. The van der Waals surface area contributed by atoms with E-state index in [1.54, 1.807) is 13.8 Å². The summed E-state index contributed by atoms with van der Waals surface area (Å²) >= 11 is 0. The number of hydrogen-bond donors (Lipinski definition) is 1. The lowest BCUT2D eigenvalue weighted by Crippen LogP contribution is -2.19. The van der Waals surface area contributed by atoms with Crippen molar-refractivity contribution in [2.45, 2.75) is 26.4 Å². The van der Waals surface area contributed by atoms with E-state index in [2.05, 4.69) is 15.5 Å². The van der Waals surface area contributed by atoms with Gasteiger partial charge in [-0.05, 0) is 19.9 Å². The number of nitrogens with zero attached hydrogens (tertiary/aromatic N) is 2. The highest BCUT2D eigenvalue weighted by Crippen LogP contribution is 2.19. The first-order valence-electron chi connectivity index (χ1n) is 5.54. The number of benzene rings is 1. The second kappa shape index (κ2) is 5.22. The van der Waals surface area contributed by atoms with E-state index in [4.69, 9.17) is 4.52 Å². The Morgan fingerprint density at radius 2 is 2.17 bits per heavy atom. The van der Waals surface area contributed by atoms with Crippen molar-refractivity contribution in [2.24, 2.45) is 0 Å². The lowest BCUT2D eigenvalue weighted by Gasteiger charge is -2.13. The van der Waals surface area contributed by atoms with Gasteiger partial charge in [0.1, 0.15) is 0 Å². The summed E-state index contributed by atoms with van der Waals surface area (Å²) in [4.78, 5) is 4.01. The first-order chi connectivity index (χ1) is 8.58. The fourth-order valence-corrected chi connectivity index (χ4v) is 1.62. The zero-order chi connectivity index (χ0) is 13.1. The van der Waals surface area contributed by atoms with E-state index in [0.29, 0.717) is 18.3 Å². The number of aromatic nitrogens is 2. The van der Waals surface area contributed by atoms with Crippen molar-refractivity contribution in [3.05, 3.63) is 47.1 Å². The third-order valence-electron chi connectivity index (χ3n) is 2.58. The van der Waals surface area contributed by atoms with Crippen LogP contribution in [0.1, 0.15) is 30.2 Å².